The van der Waals surface area contributed by atoms with Crippen molar-refractivity contribution in [3.05, 3.63) is 35.4 Å². The summed E-state index contributed by atoms with van der Waals surface area (Å²) in [5.41, 5.74) is 0.176. The molecule has 0 spiro atoms. The molecule has 1 unspecified atom stereocenters. The zero-order valence-corrected chi connectivity index (χ0v) is 11.4. The highest BCUT2D eigenvalue weighted by atomic mass is 19.1. The molecule has 1 heterocycles. The molecule has 1 saturated heterocycles. The van der Waals surface area contributed by atoms with Gasteiger partial charge in [-0.05, 0) is 43.4 Å². The van der Waals surface area contributed by atoms with Crippen LogP contribution in [0.25, 0.3) is 0 Å². The summed E-state index contributed by atoms with van der Waals surface area (Å²) in [6.45, 7) is 0. The Hall–Kier alpha value is -1.98. The summed E-state index contributed by atoms with van der Waals surface area (Å²) in [5.74, 6) is -1.41. The number of rotatable bonds is 4. The molecule has 21 heavy (non-hydrogen) atoms. The highest BCUT2D eigenvalue weighted by Crippen LogP contribution is 2.42. The van der Waals surface area contributed by atoms with Crippen LogP contribution in [0.15, 0.2) is 18.2 Å². The Kier molecular flexibility index (Phi) is 3.61. The Morgan fingerprint density at radius 2 is 2.05 bits per heavy atom. The highest BCUT2D eigenvalue weighted by molar-refractivity contribution is 5.91. The molecule has 2 N–H and O–H groups in total. The van der Waals surface area contributed by atoms with Crippen molar-refractivity contribution in [1.82, 2.24) is 10.6 Å². The van der Waals surface area contributed by atoms with Gasteiger partial charge in [-0.1, -0.05) is 0 Å². The van der Waals surface area contributed by atoms with Crippen LogP contribution in [0.3, 0.4) is 0 Å². The van der Waals surface area contributed by atoms with Crippen molar-refractivity contribution in [1.29, 1.82) is 0 Å². The quantitative estimate of drug-likeness (QED) is 0.890. The Balaban J connectivity index is 1.77. The van der Waals surface area contributed by atoms with Crippen molar-refractivity contribution in [3.8, 4) is 0 Å². The van der Waals surface area contributed by atoms with Crippen molar-refractivity contribution in [2.75, 3.05) is 0 Å². The van der Waals surface area contributed by atoms with Gasteiger partial charge in [0.2, 0.25) is 11.8 Å². The van der Waals surface area contributed by atoms with Gasteiger partial charge < -0.3 is 10.6 Å². The van der Waals surface area contributed by atoms with Gasteiger partial charge in [0.15, 0.2) is 0 Å². The van der Waals surface area contributed by atoms with E-state index in [1.165, 1.54) is 0 Å². The molecular formula is C15H16F2N2O2. The fraction of sp³-hybridized carbons (Fsp3) is 0.467. The molecule has 4 nitrogen and oxygen atoms in total. The number of amides is 2. The predicted octanol–water partition coefficient (Wildman–Crippen LogP) is 1.81. The van der Waals surface area contributed by atoms with E-state index >= 15 is 0 Å². The van der Waals surface area contributed by atoms with E-state index in [9.17, 15) is 18.4 Å². The first kappa shape index (κ1) is 14.0. The molecule has 6 heteroatoms. The third kappa shape index (κ3) is 3.04. The second-order valence-electron chi connectivity index (χ2n) is 5.65. The van der Waals surface area contributed by atoms with Crippen molar-refractivity contribution in [2.24, 2.45) is 5.92 Å². The van der Waals surface area contributed by atoms with Gasteiger partial charge in [-0.2, -0.15) is 0 Å². The molecule has 1 saturated carbocycles. The molecule has 2 aliphatic rings. The largest absolute Gasteiger partial charge is 0.347 e. The standard InChI is InChI=1S/C15H16F2N2O2/c16-9-3-4-11(17)10(7-9)14(8-1-2-8)19-15(21)12-5-6-13(20)18-12/h3-4,7-8,12,14H,1-2,5-6H2,(H,18,20)(H,19,21)/t12-,14?/m1/s1. The average molecular weight is 294 g/mol. The van der Waals surface area contributed by atoms with E-state index in [2.05, 4.69) is 10.6 Å². The van der Waals surface area contributed by atoms with E-state index in [4.69, 9.17) is 0 Å². The van der Waals surface area contributed by atoms with Gasteiger partial charge in [0, 0.05) is 12.0 Å². The van der Waals surface area contributed by atoms with Crippen LogP contribution in [0.2, 0.25) is 0 Å². The van der Waals surface area contributed by atoms with Gasteiger partial charge in [0.05, 0.1) is 6.04 Å². The van der Waals surface area contributed by atoms with E-state index < -0.39 is 23.7 Å². The SMILES string of the molecule is O=C1CC[C@H](C(=O)NC(c2cc(F)ccc2F)C2CC2)N1. The van der Waals surface area contributed by atoms with Gasteiger partial charge in [-0.3, -0.25) is 9.59 Å². The summed E-state index contributed by atoms with van der Waals surface area (Å²) < 4.78 is 27.3. The lowest BCUT2D eigenvalue weighted by molar-refractivity contribution is -0.126. The molecule has 0 radical (unpaired) electrons. The molecule has 1 aliphatic carbocycles. The minimum atomic E-state index is -0.574. The third-order valence-corrected chi connectivity index (χ3v) is 4.00. The smallest absolute Gasteiger partial charge is 0.243 e. The zero-order chi connectivity index (χ0) is 15.0. The summed E-state index contributed by atoms with van der Waals surface area (Å²) in [5, 5.41) is 5.34. The maximum Gasteiger partial charge on any atom is 0.243 e. The van der Waals surface area contributed by atoms with E-state index in [1.54, 1.807) is 0 Å². The van der Waals surface area contributed by atoms with Crippen molar-refractivity contribution in [3.63, 3.8) is 0 Å². The first-order valence-corrected chi connectivity index (χ1v) is 7.09. The van der Waals surface area contributed by atoms with E-state index in [0.717, 1.165) is 31.0 Å². The molecule has 2 amide bonds. The number of halogens is 2. The number of carbonyl (C=O) groups is 2. The van der Waals surface area contributed by atoms with Crippen LogP contribution in [0, 0.1) is 17.6 Å². The van der Waals surface area contributed by atoms with E-state index in [-0.39, 0.29) is 23.3 Å². The number of carbonyl (C=O) groups excluding carboxylic acids is 2. The summed E-state index contributed by atoms with van der Waals surface area (Å²) in [6.07, 6.45) is 2.50. The second-order valence-corrected chi connectivity index (χ2v) is 5.65. The molecular weight excluding hydrogens is 278 g/mol. The summed E-state index contributed by atoms with van der Waals surface area (Å²) in [7, 11) is 0. The molecule has 1 aromatic carbocycles. The Morgan fingerprint density at radius 3 is 2.67 bits per heavy atom. The van der Waals surface area contributed by atoms with Crippen molar-refractivity contribution < 1.29 is 18.4 Å². The second kappa shape index (κ2) is 5.42. The fourth-order valence-corrected chi connectivity index (χ4v) is 2.70. The minimum Gasteiger partial charge on any atom is -0.347 e. The van der Waals surface area contributed by atoms with Gasteiger partial charge >= 0.3 is 0 Å². The highest BCUT2D eigenvalue weighted by Gasteiger charge is 2.37. The van der Waals surface area contributed by atoms with Crippen LogP contribution in [0.5, 0.6) is 0 Å². The predicted molar refractivity (Wildman–Crippen MR) is 71.1 cm³/mol. The topological polar surface area (TPSA) is 58.2 Å². The maximum absolute atomic E-state index is 13.9. The van der Waals surface area contributed by atoms with Crippen LogP contribution in [0.4, 0.5) is 8.78 Å². The number of benzene rings is 1. The first-order valence-electron chi connectivity index (χ1n) is 7.09. The van der Waals surface area contributed by atoms with Gasteiger partial charge in [0.25, 0.3) is 0 Å². The monoisotopic (exact) mass is 294 g/mol. The molecule has 1 aliphatic heterocycles. The number of nitrogens with one attached hydrogen (secondary N) is 2. The van der Waals surface area contributed by atoms with Gasteiger partial charge in [0.1, 0.15) is 17.7 Å². The van der Waals surface area contributed by atoms with Crippen LogP contribution in [-0.2, 0) is 9.59 Å². The molecule has 2 atom stereocenters. The Labute approximate surface area is 120 Å². The lowest BCUT2D eigenvalue weighted by Gasteiger charge is -2.21. The van der Waals surface area contributed by atoms with Crippen molar-refractivity contribution in [2.45, 2.75) is 37.8 Å². The van der Waals surface area contributed by atoms with E-state index in [0.29, 0.717) is 12.8 Å². The van der Waals surface area contributed by atoms with Crippen LogP contribution < -0.4 is 10.6 Å². The lowest BCUT2D eigenvalue weighted by atomic mass is 10.0. The summed E-state index contributed by atoms with van der Waals surface area (Å²) >= 11 is 0. The van der Waals surface area contributed by atoms with Gasteiger partial charge in [-0.15, -0.1) is 0 Å². The Morgan fingerprint density at radius 1 is 1.29 bits per heavy atom. The third-order valence-electron chi connectivity index (χ3n) is 4.00. The fourth-order valence-electron chi connectivity index (χ4n) is 2.70. The normalized spacial score (nSPS) is 22.8. The van der Waals surface area contributed by atoms with Crippen molar-refractivity contribution >= 4 is 11.8 Å². The number of hydrogen-bond donors (Lipinski definition) is 2. The molecule has 1 aromatic rings. The maximum atomic E-state index is 13.9. The lowest BCUT2D eigenvalue weighted by Crippen LogP contribution is -2.43. The number of hydrogen-bond acceptors (Lipinski definition) is 2. The summed E-state index contributed by atoms with van der Waals surface area (Å²) in [4.78, 5) is 23.3. The molecule has 0 aromatic heterocycles. The van der Waals surface area contributed by atoms with Crippen LogP contribution in [0.1, 0.15) is 37.3 Å². The zero-order valence-electron chi connectivity index (χ0n) is 11.4. The van der Waals surface area contributed by atoms with E-state index in [1.807, 2.05) is 0 Å². The molecule has 0 bridgehead atoms. The van der Waals surface area contributed by atoms with Crippen LogP contribution in [-0.4, -0.2) is 17.9 Å². The summed E-state index contributed by atoms with van der Waals surface area (Å²) in [6, 6.07) is 2.15. The molecule has 3 rings (SSSR count). The molecule has 112 valence electrons. The minimum absolute atomic E-state index is 0.127. The average Bonchev–Trinajstić information content (AvgIpc) is 3.20. The molecule has 2 fully saturated rings. The first-order chi connectivity index (χ1) is 10.0. The van der Waals surface area contributed by atoms with Gasteiger partial charge in [-0.25, -0.2) is 8.78 Å². The Bertz CT molecular complexity index is 587. The van der Waals surface area contributed by atoms with Crippen LogP contribution >= 0.6 is 0 Å².